The van der Waals surface area contributed by atoms with Gasteiger partial charge in [-0.15, -0.1) is 12.4 Å². The number of benzene rings is 4. The minimum Gasteiger partial charge on any atom is -0.322 e. The van der Waals surface area contributed by atoms with Crippen LogP contribution in [0.2, 0.25) is 0 Å². The lowest BCUT2D eigenvalue weighted by molar-refractivity contribution is 0.574. The molecule has 2 atom stereocenters. The Morgan fingerprint density at radius 1 is 0.379 bits per heavy atom. The first kappa shape index (κ1) is 20.8. The summed E-state index contributed by atoms with van der Waals surface area (Å²) < 4.78 is 0. The summed E-state index contributed by atoms with van der Waals surface area (Å²) in [6.45, 7) is 0. The maximum absolute atomic E-state index is 6.48. The van der Waals surface area contributed by atoms with Crippen molar-refractivity contribution in [2.24, 2.45) is 11.5 Å². The smallest absolute Gasteiger partial charge is 0.0491 e. The van der Waals surface area contributed by atoms with Crippen molar-refractivity contribution in [3.63, 3.8) is 0 Å². The standard InChI is InChI=1S/C26H24N2.ClH/c27-25(23-15-11-21(12-16-23)19-7-3-1-4-8-19)26(28)24-17-13-22(14-18-24)20-9-5-2-6-10-20;/h1-18,25-26H,27-28H2;1H/t25-,26-;/m0./s1. The van der Waals surface area contributed by atoms with Gasteiger partial charge in [-0.2, -0.15) is 0 Å². The van der Waals surface area contributed by atoms with E-state index in [1.807, 2.05) is 36.4 Å². The molecule has 0 spiro atoms. The van der Waals surface area contributed by atoms with E-state index in [1.165, 1.54) is 22.3 Å². The Kier molecular flexibility index (Phi) is 6.84. The fraction of sp³-hybridized carbons (Fsp3) is 0.0769. The van der Waals surface area contributed by atoms with Gasteiger partial charge < -0.3 is 11.5 Å². The maximum atomic E-state index is 6.48. The van der Waals surface area contributed by atoms with Crippen molar-refractivity contribution >= 4 is 12.4 Å². The first-order valence-corrected chi connectivity index (χ1v) is 9.54. The van der Waals surface area contributed by atoms with Crippen molar-refractivity contribution in [1.82, 2.24) is 0 Å². The number of hydrogen-bond donors (Lipinski definition) is 2. The lowest BCUT2D eigenvalue weighted by atomic mass is 9.92. The van der Waals surface area contributed by atoms with Crippen LogP contribution in [-0.4, -0.2) is 0 Å². The highest BCUT2D eigenvalue weighted by molar-refractivity contribution is 5.85. The highest BCUT2D eigenvalue weighted by Crippen LogP contribution is 2.28. The molecule has 4 aromatic rings. The second-order valence-corrected chi connectivity index (χ2v) is 7.03. The minimum atomic E-state index is -0.257. The Bertz CT molecular complexity index is 927. The fourth-order valence-corrected chi connectivity index (χ4v) is 3.47. The summed E-state index contributed by atoms with van der Waals surface area (Å²) in [5.74, 6) is 0. The summed E-state index contributed by atoms with van der Waals surface area (Å²) in [5.41, 5.74) is 19.8. The zero-order valence-electron chi connectivity index (χ0n) is 16.1. The van der Waals surface area contributed by atoms with Gasteiger partial charge >= 0.3 is 0 Å². The summed E-state index contributed by atoms with van der Waals surface area (Å²) in [6.07, 6.45) is 0. The minimum absolute atomic E-state index is 0. The van der Waals surface area contributed by atoms with Crippen LogP contribution in [0.15, 0.2) is 109 Å². The van der Waals surface area contributed by atoms with Crippen LogP contribution in [0.4, 0.5) is 0 Å². The Morgan fingerprint density at radius 3 is 0.966 bits per heavy atom. The van der Waals surface area contributed by atoms with E-state index < -0.39 is 0 Å². The van der Waals surface area contributed by atoms with E-state index in [-0.39, 0.29) is 24.5 Å². The molecule has 0 amide bonds. The molecule has 4 N–H and O–H groups in total. The zero-order chi connectivity index (χ0) is 19.3. The molecule has 29 heavy (non-hydrogen) atoms. The summed E-state index contributed by atoms with van der Waals surface area (Å²) in [4.78, 5) is 0. The first-order chi connectivity index (χ1) is 13.7. The van der Waals surface area contributed by atoms with Gasteiger partial charge in [-0.1, -0.05) is 109 Å². The molecule has 0 fully saturated rings. The topological polar surface area (TPSA) is 52.0 Å². The van der Waals surface area contributed by atoms with Crippen LogP contribution in [0.5, 0.6) is 0 Å². The average Bonchev–Trinajstić information content (AvgIpc) is 2.79. The largest absolute Gasteiger partial charge is 0.322 e. The van der Waals surface area contributed by atoms with Crippen LogP contribution in [0.1, 0.15) is 23.2 Å². The third-order valence-electron chi connectivity index (χ3n) is 5.19. The second kappa shape index (κ2) is 9.53. The third kappa shape index (κ3) is 4.75. The van der Waals surface area contributed by atoms with E-state index >= 15 is 0 Å². The van der Waals surface area contributed by atoms with Gasteiger partial charge in [0, 0.05) is 12.1 Å². The van der Waals surface area contributed by atoms with Gasteiger partial charge in [0.2, 0.25) is 0 Å². The highest BCUT2D eigenvalue weighted by atomic mass is 35.5. The van der Waals surface area contributed by atoms with E-state index in [9.17, 15) is 0 Å². The molecule has 0 aliphatic carbocycles. The molecule has 0 saturated carbocycles. The Labute approximate surface area is 178 Å². The van der Waals surface area contributed by atoms with Crippen molar-refractivity contribution in [2.75, 3.05) is 0 Å². The number of hydrogen-bond acceptors (Lipinski definition) is 2. The lowest BCUT2D eigenvalue weighted by Crippen LogP contribution is -2.26. The predicted molar refractivity (Wildman–Crippen MR) is 125 cm³/mol. The van der Waals surface area contributed by atoms with E-state index in [0.29, 0.717) is 0 Å². The molecule has 0 unspecified atom stereocenters. The van der Waals surface area contributed by atoms with Gasteiger partial charge in [-0.05, 0) is 33.4 Å². The van der Waals surface area contributed by atoms with E-state index in [4.69, 9.17) is 11.5 Å². The molecule has 3 heteroatoms. The molecule has 4 rings (SSSR count). The molecular formula is C26H25ClN2. The number of nitrogens with two attached hydrogens (primary N) is 2. The van der Waals surface area contributed by atoms with Gasteiger partial charge in [0.05, 0.1) is 0 Å². The first-order valence-electron chi connectivity index (χ1n) is 9.54. The molecule has 0 heterocycles. The van der Waals surface area contributed by atoms with Crippen molar-refractivity contribution in [3.8, 4) is 22.3 Å². The maximum Gasteiger partial charge on any atom is 0.0491 e. The van der Waals surface area contributed by atoms with Crippen molar-refractivity contribution in [3.05, 3.63) is 120 Å². The highest BCUT2D eigenvalue weighted by Gasteiger charge is 2.17. The lowest BCUT2D eigenvalue weighted by Gasteiger charge is -2.21. The summed E-state index contributed by atoms with van der Waals surface area (Å²) in [5, 5.41) is 0. The van der Waals surface area contributed by atoms with Crippen LogP contribution >= 0.6 is 12.4 Å². The van der Waals surface area contributed by atoms with Crippen LogP contribution in [-0.2, 0) is 0 Å². The van der Waals surface area contributed by atoms with Crippen LogP contribution in [0, 0.1) is 0 Å². The molecule has 0 aliphatic rings. The molecular weight excluding hydrogens is 376 g/mol. The fourth-order valence-electron chi connectivity index (χ4n) is 3.47. The molecule has 0 bridgehead atoms. The SMILES string of the molecule is Cl.N[C@@H](c1ccc(-c2ccccc2)cc1)[C@@H](N)c1ccc(-c2ccccc2)cc1. The Balaban J connectivity index is 0.00000240. The van der Waals surface area contributed by atoms with Crippen molar-refractivity contribution in [1.29, 1.82) is 0 Å². The van der Waals surface area contributed by atoms with E-state index in [0.717, 1.165) is 11.1 Å². The van der Waals surface area contributed by atoms with E-state index in [2.05, 4.69) is 72.8 Å². The summed E-state index contributed by atoms with van der Waals surface area (Å²) in [7, 11) is 0. The Hall–Kier alpha value is -2.91. The quantitative estimate of drug-likeness (QED) is 0.422. The molecule has 4 aromatic carbocycles. The molecule has 0 aliphatic heterocycles. The van der Waals surface area contributed by atoms with Gasteiger partial charge in [0.15, 0.2) is 0 Å². The van der Waals surface area contributed by atoms with E-state index in [1.54, 1.807) is 0 Å². The number of rotatable bonds is 5. The molecule has 0 saturated heterocycles. The van der Waals surface area contributed by atoms with Crippen molar-refractivity contribution in [2.45, 2.75) is 12.1 Å². The summed E-state index contributed by atoms with van der Waals surface area (Å²) >= 11 is 0. The van der Waals surface area contributed by atoms with Gasteiger partial charge in [0.25, 0.3) is 0 Å². The van der Waals surface area contributed by atoms with Gasteiger partial charge in [-0.3, -0.25) is 0 Å². The molecule has 0 aromatic heterocycles. The van der Waals surface area contributed by atoms with Crippen LogP contribution in [0.25, 0.3) is 22.3 Å². The molecule has 2 nitrogen and oxygen atoms in total. The predicted octanol–water partition coefficient (Wildman–Crippen LogP) is 6.14. The normalized spacial score (nSPS) is 12.6. The molecule has 0 radical (unpaired) electrons. The zero-order valence-corrected chi connectivity index (χ0v) is 16.9. The van der Waals surface area contributed by atoms with Crippen LogP contribution in [0.3, 0.4) is 0 Å². The third-order valence-corrected chi connectivity index (χ3v) is 5.19. The number of halogens is 1. The Morgan fingerprint density at radius 2 is 0.655 bits per heavy atom. The monoisotopic (exact) mass is 400 g/mol. The van der Waals surface area contributed by atoms with Crippen LogP contribution < -0.4 is 11.5 Å². The van der Waals surface area contributed by atoms with Gasteiger partial charge in [-0.25, -0.2) is 0 Å². The second-order valence-electron chi connectivity index (χ2n) is 7.03. The summed E-state index contributed by atoms with van der Waals surface area (Å²) in [6, 6.07) is 36.9. The van der Waals surface area contributed by atoms with Gasteiger partial charge in [0.1, 0.15) is 0 Å². The molecule has 146 valence electrons. The van der Waals surface area contributed by atoms with Crippen molar-refractivity contribution < 1.29 is 0 Å². The average molecular weight is 401 g/mol.